The summed E-state index contributed by atoms with van der Waals surface area (Å²) in [4.78, 5) is 26.2. The number of amides is 1. The first-order valence-corrected chi connectivity index (χ1v) is 28.1. The summed E-state index contributed by atoms with van der Waals surface area (Å²) >= 11 is 0. The van der Waals surface area contributed by atoms with E-state index in [0.29, 0.717) is 19.3 Å². The lowest BCUT2D eigenvalue weighted by Crippen LogP contribution is -2.46. The quantitative estimate of drug-likeness (QED) is 0.0321. The number of unbranched alkanes of at least 4 members (excludes halogenated alkanes) is 36. The first-order valence-electron chi connectivity index (χ1n) is 28.1. The van der Waals surface area contributed by atoms with Crippen molar-refractivity contribution in [3.63, 3.8) is 0 Å². The normalized spacial score (nSPS) is 13.3. The average molecular weight is 889 g/mol. The first-order chi connectivity index (χ1) is 31.0. The first kappa shape index (κ1) is 61.3. The van der Waals surface area contributed by atoms with E-state index in [1.165, 1.54) is 205 Å². The third kappa shape index (κ3) is 46.7. The van der Waals surface area contributed by atoms with Gasteiger partial charge in [-0.3, -0.25) is 9.59 Å². The van der Waals surface area contributed by atoms with Gasteiger partial charge in [0, 0.05) is 6.42 Å². The molecule has 0 aliphatic heterocycles. The Morgan fingerprint density at radius 3 is 1.17 bits per heavy atom. The highest BCUT2D eigenvalue weighted by atomic mass is 16.5. The van der Waals surface area contributed by atoms with E-state index in [1.54, 1.807) is 0 Å². The number of hydrogen-bond donors (Lipinski definition) is 3. The van der Waals surface area contributed by atoms with Gasteiger partial charge >= 0.3 is 5.97 Å². The number of aliphatic hydroxyl groups is 2. The third-order valence-corrected chi connectivity index (χ3v) is 13.1. The molecule has 0 spiro atoms. The van der Waals surface area contributed by atoms with Gasteiger partial charge in [-0.2, -0.15) is 0 Å². The molecule has 0 aromatic rings. The molecule has 0 fully saturated rings. The number of aliphatic hydroxyl groups excluding tert-OH is 2. The zero-order valence-corrected chi connectivity index (χ0v) is 42.5. The molecule has 0 rings (SSSR count). The summed E-state index contributed by atoms with van der Waals surface area (Å²) in [5.41, 5.74) is 0. The number of nitrogens with one attached hydrogen (secondary N) is 1. The van der Waals surface area contributed by atoms with E-state index in [-0.39, 0.29) is 24.9 Å². The fourth-order valence-electron chi connectivity index (χ4n) is 8.78. The molecule has 0 aliphatic carbocycles. The number of allylic oxidation sites excluding steroid dienone is 4. The molecule has 0 heterocycles. The van der Waals surface area contributed by atoms with Crippen LogP contribution in [0.3, 0.4) is 0 Å². The minimum absolute atomic E-state index is 0.0769. The SMILES string of the molecule is CCCCCCCCC/C=C/C=C/CCCCCCCC(=O)OC(CCCCCCCCCCCCC)CC(=O)NC(CO)C(O)CCCCCCCCCCCCCCCCC. The minimum atomic E-state index is -0.786. The van der Waals surface area contributed by atoms with Gasteiger partial charge in [0.1, 0.15) is 6.10 Å². The summed E-state index contributed by atoms with van der Waals surface area (Å²) in [6.45, 7) is 6.50. The lowest BCUT2D eigenvalue weighted by Gasteiger charge is -2.24. The molecule has 3 N–H and O–H groups in total. The van der Waals surface area contributed by atoms with E-state index >= 15 is 0 Å². The van der Waals surface area contributed by atoms with Gasteiger partial charge in [-0.15, -0.1) is 0 Å². The fraction of sp³-hybridized carbons (Fsp3) is 0.895. The molecular weight excluding hydrogens is 779 g/mol. The van der Waals surface area contributed by atoms with Crippen LogP contribution in [0.15, 0.2) is 24.3 Å². The number of ether oxygens (including phenoxy) is 1. The van der Waals surface area contributed by atoms with Crippen molar-refractivity contribution in [3.8, 4) is 0 Å². The van der Waals surface area contributed by atoms with Gasteiger partial charge in [0.25, 0.3) is 0 Å². The van der Waals surface area contributed by atoms with Crippen LogP contribution in [0, 0.1) is 0 Å². The van der Waals surface area contributed by atoms with E-state index in [9.17, 15) is 19.8 Å². The number of esters is 1. The number of rotatable bonds is 51. The lowest BCUT2D eigenvalue weighted by atomic mass is 10.0. The van der Waals surface area contributed by atoms with Crippen LogP contribution in [0.1, 0.15) is 303 Å². The van der Waals surface area contributed by atoms with Crippen molar-refractivity contribution < 1.29 is 24.5 Å². The second-order valence-electron chi connectivity index (χ2n) is 19.4. The topological polar surface area (TPSA) is 95.9 Å². The summed E-state index contributed by atoms with van der Waals surface area (Å²) in [6.07, 6.45) is 59.5. The fourth-order valence-corrected chi connectivity index (χ4v) is 8.78. The summed E-state index contributed by atoms with van der Waals surface area (Å²) in [5, 5.41) is 23.8. The molecular formula is C57H109NO5. The highest BCUT2D eigenvalue weighted by molar-refractivity contribution is 5.77. The van der Waals surface area contributed by atoms with Crippen LogP contribution in [0.4, 0.5) is 0 Å². The average Bonchev–Trinajstić information content (AvgIpc) is 3.28. The zero-order valence-electron chi connectivity index (χ0n) is 42.5. The molecule has 3 atom stereocenters. The Balaban J connectivity index is 4.48. The molecule has 6 heteroatoms. The van der Waals surface area contributed by atoms with E-state index in [1.807, 2.05) is 0 Å². The maximum Gasteiger partial charge on any atom is 0.306 e. The van der Waals surface area contributed by atoms with Gasteiger partial charge in [-0.25, -0.2) is 0 Å². The Kier molecular flexibility index (Phi) is 50.0. The number of carbonyl (C=O) groups excluding carboxylic acids is 2. The van der Waals surface area contributed by atoms with Crippen molar-refractivity contribution in [2.45, 2.75) is 322 Å². The van der Waals surface area contributed by atoms with Crippen LogP contribution in [0.25, 0.3) is 0 Å². The predicted octanol–water partition coefficient (Wildman–Crippen LogP) is 17.1. The Hall–Kier alpha value is -1.66. The number of hydrogen-bond acceptors (Lipinski definition) is 5. The van der Waals surface area contributed by atoms with Gasteiger partial charge in [-0.1, -0.05) is 263 Å². The zero-order chi connectivity index (χ0) is 45.9. The van der Waals surface area contributed by atoms with Crippen molar-refractivity contribution in [1.82, 2.24) is 5.32 Å². The van der Waals surface area contributed by atoms with Gasteiger partial charge in [0.2, 0.25) is 5.91 Å². The molecule has 372 valence electrons. The summed E-state index contributed by atoms with van der Waals surface area (Å²) in [7, 11) is 0. The van der Waals surface area contributed by atoms with E-state index in [0.717, 1.165) is 51.4 Å². The smallest absolute Gasteiger partial charge is 0.306 e. The van der Waals surface area contributed by atoms with Crippen LogP contribution in [-0.2, 0) is 14.3 Å². The minimum Gasteiger partial charge on any atom is -0.462 e. The van der Waals surface area contributed by atoms with Crippen LogP contribution in [0.5, 0.6) is 0 Å². The predicted molar refractivity (Wildman–Crippen MR) is 273 cm³/mol. The highest BCUT2D eigenvalue weighted by Crippen LogP contribution is 2.19. The van der Waals surface area contributed by atoms with Crippen molar-refractivity contribution in [2.75, 3.05) is 6.61 Å². The Morgan fingerprint density at radius 2 is 0.794 bits per heavy atom. The molecule has 63 heavy (non-hydrogen) atoms. The van der Waals surface area contributed by atoms with Crippen molar-refractivity contribution in [2.24, 2.45) is 0 Å². The van der Waals surface area contributed by atoms with Crippen LogP contribution in [0.2, 0.25) is 0 Å². The van der Waals surface area contributed by atoms with Gasteiger partial charge < -0.3 is 20.3 Å². The molecule has 0 saturated carbocycles. The molecule has 0 saturated heterocycles. The molecule has 0 aromatic heterocycles. The molecule has 6 nitrogen and oxygen atoms in total. The van der Waals surface area contributed by atoms with E-state index < -0.39 is 18.2 Å². The summed E-state index contributed by atoms with van der Waals surface area (Å²) in [5.74, 6) is -0.475. The maximum atomic E-state index is 13.2. The van der Waals surface area contributed by atoms with E-state index in [4.69, 9.17) is 4.74 Å². The van der Waals surface area contributed by atoms with Crippen LogP contribution >= 0.6 is 0 Å². The van der Waals surface area contributed by atoms with E-state index in [2.05, 4.69) is 50.4 Å². The second-order valence-corrected chi connectivity index (χ2v) is 19.4. The van der Waals surface area contributed by atoms with Crippen molar-refractivity contribution in [1.29, 1.82) is 0 Å². The Bertz CT molecular complexity index is 997. The summed E-state index contributed by atoms with van der Waals surface area (Å²) in [6, 6.07) is -0.700. The van der Waals surface area contributed by atoms with Gasteiger partial charge in [0.05, 0.1) is 25.2 Å². The Morgan fingerprint density at radius 1 is 0.460 bits per heavy atom. The molecule has 1 amide bonds. The van der Waals surface area contributed by atoms with Gasteiger partial charge in [0.15, 0.2) is 0 Å². The summed E-state index contributed by atoms with van der Waals surface area (Å²) < 4.78 is 5.94. The van der Waals surface area contributed by atoms with Crippen molar-refractivity contribution >= 4 is 11.9 Å². The molecule has 3 unspecified atom stereocenters. The largest absolute Gasteiger partial charge is 0.462 e. The molecule has 0 radical (unpaired) electrons. The second kappa shape index (κ2) is 51.3. The highest BCUT2D eigenvalue weighted by Gasteiger charge is 2.24. The standard InChI is InChI=1S/C57H109NO5/c1-4-7-10-13-16-19-22-24-26-27-28-30-32-35-38-41-44-47-50-57(62)63-53(48-45-42-39-36-33-21-18-15-12-9-6-3)51-56(61)58-54(52-59)55(60)49-46-43-40-37-34-31-29-25-23-20-17-14-11-8-5-2/h26-28,30,53-55,59-60H,4-25,29,31-52H2,1-3H3,(H,58,61)/b27-26+,30-28+. The number of carbonyl (C=O) groups is 2. The van der Waals surface area contributed by atoms with Crippen LogP contribution < -0.4 is 5.32 Å². The Labute approximate surface area is 392 Å². The van der Waals surface area contributed by atoms with Crippen molar-refractivity contribution in [3.05, 3.63) is 24.3 Å². The third-order valence-electron chi connectivity index (χ3n) is 13.1. The maximum absolute atomic E-state index is 13.2. The molecule has 0 bridgehead atoms. The monoisotopic (exact) mass is 888 g/mol. The molecule has 0 aliphatic rings. The molecule has 0 aromatic carbocycles. The lowest BCUT2D eigenvalue weighted by molar-refractivity contribution is -0.151. The van der Waals surface area contributed by atoms with Crippen LogP contribution in [-0.4, -0.2) is 46.9 Å². The van der Waals surface area contributed by atoms with Gasteiger partial charge in [-0.05, 0) is 51.4 Å².